The maximum Gasteiger partial charge on any atom is 0.272 e. The maximum absolute atomic E-state index is 14.8. The number of nitrogens with one attached hydrogen (secondary N) is 1. The van der Waals surface area contributed by atoms with Gasteiger partial charge in [0.2, 0.25) is 5.91 Å². The van der Waals surface area contributed by atoms with Gasteiger partial charge in [0.15, 0.2) is 5.69 Å². The number of likely N-dealkylation sites (tertiary alicyclic amines) is 1. The first-order valence-corrected chi connectivity index (χ1v) is 11.8. The third-order valence-electron chi connectivity index (χ3n) is 6.36. The number of fused-ring (bicyclic) bond motifs is 1. The first-order chi connectivity index (χ1) is 16.0. The van der Waals surface area contributed by atoms with Crippen LogP contribution in [0.25, 0.3) is 11.4 Å². The second-order valence-electron chi connectivity index (χ2n) is 10.3. The van der Waals surface area contributed by atoms with Crippen LogP contribution in [0.1, 0.15) is 43.4 Å². The van der Waals surface area contributed by atoms with Crippen molar-refractivity contribution < 1.29 is 19.1 Å². The van der Waals surface area contributed by atoms with Gasteiger partial charge in [0.05, 0.1) is 17.4 Å². The molecule has 1 saturated heterocycles. The van der Waals surface area contributed by atoms with E-state index in [-0.39, 0.29) is 30.3 Å². The predicted molar refractivity (Wildman–Crippen MR) is 127 cm³/mol. The molecule has 0 aliphatic carbocycles. The van der Waals surface area contributed by atoms with E-state index in [2.05, 4.69) is 15.2 Å². The number of halogens is 2. The van der Waals surface area contributed by atoms with Crippen LogP contribution in [0.2, 0.25) is 5.02 Å². The summed E-state index contributed by atoms with van der Waals surface area (Å²) in [5.74, 6) is -0.849. The average molecular weight is 492 g/mol. The lowest BCUT2D eigenvalue weighted by atomic mass is 9.85. The molecule has 2 aliphatic rings. The van der Waals surface area contributed by atoms with Crippen LogP contribution in [0.15, 0.2) is 18.2 Å². The fraction of sp³-hybridized carbons (Fsp3) is 0.542. The van der Waals surface area contributed by atoms with Crippen molar-refractivity contribution in [3.63, 3.8) is 0 Å². The number of rotatable bonds is 4. The zero-order valence-corrected chi connectivity index (χ0v) is 20.7. The van der Waals surface area contributed by atoms with Gasteiger partial charge in [-0.2, -0.15) is 0 Å². The molecule has 184 valence electrons. The highest BCUT2D eigenvalue weighted by Gasteiger charge is 2.40. The SMILES string of the molecule is CN1CCCn2c(-c3cc(Cl)ccc3F)nc(C(=O)NC(C(=O)N3CC(O)C3)C(C)(C)C)c2C1. The predicted octanol–water partition coefficient (Wildman–Crippen LogP) is 2.53. The lowest BCUT2D eigenvalue weighted by Gasteiger charge is -2.41. The molecule has 1 fully saturated rings. The van der Waals surface area contributed by atoms with Gasteiger partial charge < -0.3 is 24.8 Å². The molecule has 3 heterocycles. The van der Waals surface area contributed by atoms with Crippen LogP contribution < -0.4 is 5.32 Å². The first-order valence-electron chi connectivity index (χ1n) is 11.5. The molecule has 8 nitrogen and oxygen atoms in total. The summed E-state index contributed by atoms with van der Waals surface area (Å²) in [4.78, 5) is 34.8. The van der Waals surface area contributed by atoms with Crippen LogP contribution in [0, 0.1) is 11.2 Å². The Morgan fingerprint density at radius 1 is 1.26 bits per heavy atom. The third-order valence-corrected chi connectivity index (χ3v) is 6.60. The Hall–Kier alpha value is -2.49. The Kier molecular flexibility index (Phi) is 6.72. The van der Waals surface area contributed by atoms with Gasteiger partial charge in [0, 0.05) is 31.2 Å². The standard InChI is InChI=1S/C24H31ClFN5O3/c1-24(2,3)20(23(34)30-11-15(32)12-30)28-22(33)19-18-13-29(4)8-5-9-31(18)21(27-19)16-10-14(25)6-7-17(16)26/h6-7,10,15,20,32H,5,8-9,11-13H2,1-4H3,(H,28,33). The highest BCUT2D eigenvalue weighted by molar-refractivity contribution is 6.30. The van der Waals surface area contributed by atoms with Gasteiger partial charge in [-0.1, -0.05) is 32.4 Å². The number of benzene rings is 1. The van der Waals surface area contributed by atoms with E-state index in [4.69, 9.17) is 11.6 Å². The molecule has 10 heteroatoms. The van der Waals surface area contributed by atoms with Gasteiger partial charge in [-0.25, -0.2) is 9.37 Å². The minimum absolute atomic E-state index is 0.175. The van der Waals surface area contributed by atoms with Crippen LogP contribution in [0.4, 0.5) is 4.39 Å². The van der Waals surface area contributed by atoms with Gasteiger partial charge in [0.1, 0.15) is 17.7 Å². The number of aliphatic hydroxyl groups excluding tert-OH is 1. The van der Waals surface area contributed by atoms with Crippen molar-refractivity contribution in [3.05, 3.63) is 40.4 Å². The summed E-state index contributed by atoms with van der Waals surface area (Å²) in [5.41, 5.74) is 0.512. The van der Waals surface area contributed by atoms with Crippen molar-refractivity contribution in [1.29, 1.82) is 0 Å². The first kappa shape index (κ1) is 24.6. The summed E-state index contributed by atoms with van der Waals surface area (Å²) >= 11 is 6.14. The summed E-state index contributed by atoms with van der Waals surface area (Å²) in [7, 11) is 1.96. The fourth-order valence-corrected chi connectivity index (χ4v) is 4.62. The fourth-order valence-electron chi connectivity index (χ4n) is 4.44. The molecule has 2 aromatic rings. The summed E-state index contributed by atoms with van der Waals surface area (Å²) in [5, 5.41) is 12.9. The largest absolute Gasteiger partial charge is 0.389 e. The van der Waals surface area contributed by atoms with Crippen LogP contribution >= 0.6 is 11.6 Å². The van der Waals surface area contributed by atoms with E-state index in [9.17, 15) is 19.1 Å². The maximum atomic E-state index is 14.8. The quantitative estimate of drug-likeness (QED) is 0.686. The van der Waals surface area contributed by atoms with Gasteiger partial charge in [-0.15, -0.1) is 0 Å². The number of carbonyl (C=O) groups is 2. The minimum Gasteiger partial charge on any atom is -0.389 e. The number of hydrogen-bond donors (Lipinski definition) is 2. The normalized spacial score (nSPS) is 18.1. The highest BCUT2D eigenvalue weighted by atomic mass is 35.5. The van der Waals surface area contributed by atoms with Crippen molar-refractivity contribution in [2.75, 3.05) is 26.7 Å². The van der Waals surface area contributed by atoms with E-state index in [0.29, 0.717) is 29.6 Å². The zero-order valence-electron chi connectivity index (χ0n) is 19.9. The number of imidazole rings is 1. The molecule has 1 aromatic carbocycles. The van der Waals surface area contributed by atoms with E-state index >= 15 is 0 Å². The lowest BCUT2D eigenvalue weighted by Crippen LogP contribution is -2.62. The van der Waals surface area contributed by atoms with E-state index < -0.39 is 29.3 Å². The van der Waals surface area contributed by atoms with E-state index in [1.54, 1.807) is 0 Å². The van der Waals surface area contributed by atoms with Crippen molar-refractivity contribution in [2.45, 2.75) is 52.4 Å². The molecule has 2 amide bonds. The van der Waals surface area contributed by atoms with Gasteiger partial charge in [-0.05, 0) is 43.6 Å². The molecule has 2 N–H and O–H groups in total. The third kappa shape index (κ3) is 4.82. The van der Waals surface area contributed by atoms with Crippen molar-refractivity contribution in [2.24, 2.45) is 5.41 Å². The van der Waals surface area contributed by atoms with Crippen LogP contribution in [0.3, 0.4) is 0 Å². The highest BCUT2D eigenvalue weighted by Crippen LogP contribution is 2.30. The molecule has 0 spiro atoms. The average Bonchev–Trinajstić information content (AvgIpc) is 2.96. The molecule has 4 rings (SSSR count). The smallest absolute Gasteiger partial charge is 0.272 e. The van der Waals surface area contributed by atoms with Crippen molar-refractivity contribution in [1.82, 2.24) is 24.7 Å². The second kappa shape index (κ2) is 9.28. The molecule has 0 radical (unpaired) electrons. The molecular formula is C24H31ClFN5O3. The molecular weight excluding hydrogens is 461 g/mol. The summed E-state index contributed by atoms with van der Waals surface area (Å²) in [6.07, 6.45) is 0.283. The van der Waals surface area contributed by atoms with E-state index in [1.807, 2.05) is 32.4 Å². The lowest BCUT2D eigenvalue weighted by molar-refractivity contribution is -0.146. The zero-order chi connectivity index (χ0) is 24.8. The Balaban J connectivity index is 1.73. The van der Waals surface area contributed by atoms with E-state index in [1.165, 1.54) is 23.1 Å². The molecule has 1 atom stereocenters. The Bertz CT molecular complexity index is 1110. The van der Waals surface area contributed by atoms with Crippen molar-refractivity contribution >= 4 is 23.4 Å². The Morgan fingerprint density at radius 3 is 2.62 bits per heavy atom. The monoisotopic (exact) mass is 491 g/mol. The van der Waals surface area contributed by atoms with E-state index in [0.717, 1.165) is 13.0 Å². The van der Waals surface area contributed by atoms with Crippen molar-refractivity contribution in [3.8, 4) is 11.4 Å². The van der Waals surface area contributed by atoms with Crippen LogP contribution in [-0.4, -0.2) is 75.1 Å². The number of carbonyl (C=O) groups excluding carboxylic acids is 2. The molecule has 1 unspecified atom stereocenters. The number of β-amino-alcohol motifs (C(OH)–C–C–N with tert-alkyl or cyclic N) is 1. The van der Waals surface area contributed by atoms with Gasteiger partial charge in [0.25, 0.3) is 5.91 Å². The van der Waals surface area contributed by atoms with Crippen LogP contribution in [0.5, 0.6) is 0 Å². The molecule has 2 aliphatic heterocycles. The molecule has 1 aromatic heterocycles. The van der Waals surface area contributed by atoms with Gasteiger partial charge >= 0.3 is 0 Å². The van der Waals surface area contributed by atoms with Gasteiger partial charge in [-0.3, -0.25) is 9.59 Å². The molecule has 34 heavy (non-hydrogen) atoms. The van der Waals surface area contributed by atoms with Crippen LogP contribution in [-0.2, 0) is 17.9 Å². The molecule has 0 saturated carbocycles. The summed E-state index contributed by atoms with van der Waals surface area (Å²) in [6.45, 7) is 7.99. The minimum atomic E-state index is -0.806. The number of aliphatic hydroxyl groups is 1. The number of aromatic nitrogens is 2. The number of hydrogen-bond acceptors (Lipinski definition) is 5. The molecule has 0 bridgehead atoms. The number of nitrogens with zero attached hydrogens (tertiary/aromatic N) is 4. The number of amides is 2. The summed E-state index contributed by atoms with van der Waals surface area (Å²) in [6, 6.07) is 3.47. The summed E-state index contributed by atoms with van der Waals surface area (Å²) < 4.78 is 16.6. The Labute approximate surface area is 203 Å². The second-order valence-corrected chi connectivity index (χ2v) is 10.7. The Morgan fingerprint density at radius 2 is 1.97 bits per heavy atom. The topological polar surface area (TPSA) is 90.7 Å².